The van der Waals surface area contributed by atoms with Crippen molar-refractivity contribution in [1.82, 2.24) is 15.0 Å². The van der Waals surface area contributed by atoms with Crippen LogP contribution in [0, 0.1) is 11.6 Å². The van der Waals surface area contributed by atoms with E-state index < -0.39 is 23.3 Å². The fraction of sp³-hybridized carbons (Fsp3) is 0.231. The second-order valence-corrected chi connectivity index (χ2v) is 8.69. The van der Waals surface area contributed by atoms with E-state index in [0.29, 0.717) is 22.6 Å². The van der Waals surface area contributed by atoms with Gasteiger partial charge in [-0.3, -0.25) is 19.7 Å². The third kappa shape index (κ3) is 4.37. The zero-order valence-electron chi connectivity index (χ0n) is 18.5. The molecule has 0 unspecified atom stereocenters. The zero-order valence-corrected chi connectivity index (χ0v) is 18.5. The van der Waals surface area contributed by atoms with Gasteiger partial charge in [0, 0.05) is 48.5 Å². The first-order chi connectivity index (χ1) is 17.1. The first-order valence-corrected chi connectivity index (χ1v) is 11.4. The molecule has 9 heteroatoms. The predicted octanol–water partition coefficient (Wildman–Crippen LogP) is 5.77. The Labute approximate surface area is 199 Å². The molecule has 0 bridgehead atoms. The van der Waals surface area contributed by atoms with Crippen molar-refractivity contribution in [3.8, 4) is 17.2 Å². The van der Waals surface area contributed by atoms with Crippen molar-refractivity contribution in [1.29, 1.82) is 0 Å². The number of carbonyl (C=O) groups excluding carboxylic acids is 1. The van der Waals surface area contributed by atoms with Crippen molar-refractivity contribution in [2.24, 2.45) is 0 Å². The summed E-state index contributed by atoms with van der Waals surface area (Å²) in [7, 11) is 0. The highest BCUT2D eigenvalue weighted by Crippen LogP contribution is 2.44. The summed E-state index contributed by atoms with van der Waals surface area (Å²) in [6, 6.07) is 6.91. The fourth-order valence-electron chi connectivity index (χ4n) is 3.91. The minimum Gasteiger partial charge on any atom is -0.489 e. The molecule has 35 heavy (non-hydrogen) atoms. The predicted molar refractivity (Wildman–Crippen MR) is 124 cm³/mol. The first kappa shape index (κ1) is 21.4. The number of hydrogen-bond donors (Lipinski definition) is 1. The lowest BCUT2D eigenvalue weighted by Crippen LogP contribution is -2.15. The average molecular weight is 474 g/mol. The summed E-state index contributed by atoms with van der Waals surface area (Å²) in [5.41, 5.74) is 1.59. The number of amides is 1. The summed E-state index contributed by atoms with van der Waals surface area (Å²) in [6.07, 6.45) is 10.0. The molecule has 3 heterocycles. The molecule has 1 N–H and O–H groups in total. The molecule has 3 aromatic heterocycles. The third-order valence-corrected chi connectivity index (χ3v) is 5.92. The summed E-state index contributed by atoms with van der Waals surface area (Å²) >= 11 is 0. The number of anilines is 1. The number of rotatable bonds is 7. The van der Waals surface area contributed by atoms with Crippen LogP contribution in [0.25, 0.3) is 10.9 Å². The van der Waals surface area contributed by atoms with Crippen LogP contribution < -0.4 is 14.8 Å². The van der Waals surface area contributed by atoms with Gasteiger partial charge >= 0.3 is 0 Å². The Morgan fingerprint density at radius 1 is 0.943 bits per heavy atom. The van der Waals surface area contributed by atoms with E-state index in [9.17, 15) is 13.6 Å². The van der Waals surface area contributed by atoms with Gasteiger partial charge in [0.2, 0.25) is 0 Å². The van der Waals surface area contributed by atoms with Crippen LogP contribution in [0.15, 0.2) is 55.1 Å². The normalized spacial score (nSPS) is 15.1. The maximum atomic E-state index is 15.0. The molecule has 0 radical (unpaired) electrons. The number of carbonyl (C=O) groups is 1. The van der Waals surface area contributed by atoms with Gasteiger partial charge in [-0.2, -0.15) is 0 Å². The van der Waals surface area contributed by atoms with Crippen molar-refractivity contribution >= 4 is 22.5 Å². The molecule has 2 aliphatic rings. The highest BCUT2D eigenvalue weighted by Gasteiger charge is 2.29. The van der Waals surface area contributed by atoms with Gasteiger partial charge in [0.25, 0.3) is 5.91 Å². The van der Waals surface area contributed by atoms with Gasteiger partial charge in [0.1, 0.15) is 11.5 Å². The quantitative estimate of drug-likeness (QED) is 0.366. The molecule has 2 fully saturated rings. The van der Waals surface area contributed by atoms with E-state index in [1.165, 1.54) is 18.6 Å². The highest BCUT2D eigenvalue weighted by molar-refractivity contribution is 6.06. The van der Waals surface area contributed by atoms with E-state index in [-0.39, 0.29) is 23.1 Å². The van der Waals surface area contributed by atoms with E-state index in [1.807, 2.05) is 0 Å². The van der Waals surface area contributed by atoms with Gasteiger partial charge in [-0.05, 0) is 43.9 Å². The molecular formula is C26H20F2N4O3. The largest absolute Gasteiger partial charge is 0.489 e. The molecule has 1 aromatic carbocycles. The summed E-state index contributed by atoms with van der Waals surface area (Å²) in [5, 5.41) is 3.16. The second kappa shape index (κ2) is 8.57. The van der Waals surface area contributed by atoms with E-state index >= 15 is 0 Å². The fourth-order valence-corrected chi connectivity index (χ4v) is 3.91. The van der Waals surface area contributed by atoms with E-state index in [1.54, 1.807) is 24.4 Å². The number of benzene rings is 1. The van der Waals surface area contributed by atoms with E-state index in [0.717, 1.165) is 43.5 Å². The monoisotopic (exact) mass is 474 g/mol. The van der Waals surface area contributed by atoms with Crippen LogP contribution in [-0.2, 0) is 0 Å². The number of fused-ring (bicyclic) bond motifs is 1. The molecule has 0 aliphatic heterocycles. The molecule has 6 rings (SSSR count). The first-order valence-electron chi connectivity index (χ1n) is 11.4. The van der Waals surface area contributed by atoms with Crippen molar-refractivity contribution in [3.05, 3.63) is 78.0 Å². The molecule has 0 saturated heterocycles. The molecule has 0 spiro atoms. The number of halogens is 2. The Balaban J connectivity index is 1.27. The van der Waals surface area contributed by atoms with Crippen LogP contribution in [0.4, 0.5) is 14.5 Å². The van der Waals surface area contributed by atoms with Gasteiger partial charge in [-0.25, -0.2) is 8.78 Å². The number of aromatic nitrogens is 3. The van der Waals surface area contributed by atoms with Crippen molar-refractivity contribution in [3.63, 3.8) is 0 Å². The lowest BCUT2D eigenvalue weighted by molar-refractivity contribution is 0.102. The van der Waals surface area contributed by atoms with E-state index in [4.69, 9.17) is 9.47 Å². The van der Waals surface area contributed by atoms with Gasteiger partial charge < -0.3 is 14.8 Å². The number of nitrogens with zero attached hydrogens (tertiary/aromatic N) is 3. The zero-order chi connectivity index (χ0) is 23.9. The summed E-state index contributed by atoms with van der Waals surface area (Å²) in [4.78, 5) is 25.5. The summed E-state index contributed by atoms with van der Waals surface area (Å²) < 4.78 is 41.4. The molecular weight excluding hydrogens is 454 g/mol. The summed E-state index contributed by atoms with van der Waals surface area (Å²) in [6.45, 7) is 0. The Hall–Kier alpha value is -4.14. The van der Waals surface area contributed by atoms with Crippen LogP contribution in [0.5, 0.6) is 17.2 Å². The number of ether oxygens (including phenoxy) is 2. The Morgan fingerprint density at radius 2 is 1.69 bits per heavy atom. The van der Waals surface area contributed by atoms with Gasteiger partial charge in [0.15, 0.2) is 17.4 Å². The van der Waals surface area contributed by atoms with Crippen LogP contribution >= 0.6 is 0 Å². The van der Waals surface area contributed by atoms with Gasteiger partial charge in [-0.15, -0.1) is 0 Å². The molecule has 2 saturated carbocycles. The third-order valence-electron chi connectivity index (χ3n) is 5.92. The average Bonchev–Trinajstić information content (AvgIpc) is 3.77. The van der Waals surface area contributed by atoms with Gasteiger partial charge in [0.05, 0.1) is 28.3 Å². The van der Waals surface area contributed by atoms with Crippen LogP contribution in [0.1, 0.15) is 47.7 Å². The van der Waals surface area contributed by atoms with Gasteiger partial charge in [-0.1, -0.05) is 0 Å². The maximum absolute atomic E-state index is 15.0. The van der Waals surface area contributed by atoms with Crippen LogP contribution in [-0.4, -0.2) is 27.0 Å². The lowest BCUT2D eigenvalue weighted by atomic mass is 10.1. The Kier molecular flexibility index (Phi) is 5.24. The lowest BCUT2D eigenvalue weighted by Gasteiger charge is -2.14. The standard InChI is InChI=1S/C26H20F2N4O3/c27-18-11-15(32-26(33)17-13-29-8-6-21(17)34-16-3-4-16)12-19(28)25(18)35-22-7-10-30-20-5-9-31-24(23(20)22)14-1-2-14/h5-14,16H,1-4H2,(H,32,33). The molecule has 176 valence electrons. The second-order valence-electron chi connectivity index (χ2n) is 8.69. The number of hydrogen-bond acceptors (Lipinski definition) is 6. The Bertz CT molecular complexity index is 1430. The molecule has 4 aromatic rings. The number of pyridine rings is 3. The topological polar surface area (TPSA) is 86.2 Å². The number of nitrogens with one attached hydrogen (secondary N) is 1. The highest BCUT2D eigenvalue weighted by atomic mass is 19.1. The minimum atomic E-state index is -0.956. The molecule has 0 atom stereocenters. The minimum absolute atomic E-state index is 0.0569. The smallest absolute Gasteiger partial charge is 0.261 e. The van der Waals surface area contributed by atoms with Crippen molar-refractivity contribution in [2.45, 2.75) is 37.7 Å². The Morgan fingerprint density at radius 3 is 2.43 bits per heavy atom. The maximum Gasteiger partial charge on any atom is 0.261 e. The van der Waals surface area contributed by atoms with Crippen molar-refractivity contribution in [2.75, 3.05) is 5.32 Å². The molecule has 1 amide bonds. The van der Waals surface area contributed by atoms with Crippen LogP contribution in [0.3, 0.4) is 0 Å². The summed E-state index contributed by atoms with van der Waals surface area (Å²) in [5.74, 6) is -2.12. The molecule has 2 aliphatic carbocycles. The SMILES string of the molecule is O=C(Nc1cc(F)c(Oc2ccnc3ccnc(C4CC4)c23)c(F)c1)c1cnccc1OC1CC1. The van der Waals surface area contributed by atoms with Crippen LogP contribution in [0.2, 0.25) is 0 Å². The van der Waals surface area contributed by atoms with E-state index in [2.05, 4.69) is 20.3 Å². The molecule has 7 nitrogen and oxygen atoms in total. The van der Waals surface area contributed by atoms with Crippen molar-refractivity contribution < 1.29 is 23.0 Å².